The highest BCUT2D eigenvalue weighted by molar-refractivity contribution is 5.83. The van der Waals surface area contributed by atoms with Crippen LogP contribution in [0.1, 0.15) is 16.9 Å². The lowest BCUT2D eigenvalue weighted by molar-refractivity contribution is -0.385. The van der Waals surface area contributed by atoms with Crippen LogP contribution in [0, 0.1) is 20.2 Å². The molecule has 2 aromatic carbocycles. The van der Waals surface area contributed by atoms with Gasteiger partial charge in [-0.05, 0) is 24.3 Å². The Labute approximate surface area is 182 Å². The maximum atomic E-state index is 12.8. The van der Waals surface area contributed by atoms with Crippen molar-refractivity contribution in [1.29, 1.82) is 0 Å². The Kier molecular flexibility index (Phi) is 6.51. The number of nitro groups is 2. The first-order chi connectivity index (χ1) is 15.6. The topological polar surface area (TPSA) is 141 Å². The van der Waals surface area contributed by atoms with Gasteiger partial charge in [0, 0.05) is 17.7 Å². The first-order valence-electron chi connectivity index (χ1n) is 9.06. The van der Waals surface area contributed by atoms with Crippen LogP contribution < -0.4 is 5.43 Å². The molecule has 0 saturated heterocycles. The first-order valence-corrected chi connectivity index (χ1v) is 9.06. The number of alkyl halides is 3. The van der Waals surface area contributed by atoms with Crippen LogP contribution in [-0.4, -0.2) is 22.0 Å². The SMILES string of the molecule is O=C(Cc1ccc(C(F)(F)F)cc1[N+](=O)[O-])N/N=C\c1ccc(-c2ccccc2[N+](=O)[O-])o1. The van der Waals surface area contributed by atoms with Gasteiger partial charge in [-0.25, -0.2) is 5.43 Å². The van der Waals surface area contributed by atoms with E-state index in [0.29, 0.717) is 12.1 Å². The molecule has 1 aromatic heterocycles. The Hall–Kier alpha value is -4.55. The number of para-hydroxylation sites is 1. The Balaban J connectivity index is 1.69. The number of hydrazone groups is 1. The molecule has 33 heavy (non-hydrogen) atoms. The number of halogens is 3. The zero-order chi connectivity index (χ0) is 24.2. The van der Waals surface area contributed by atoms with Crippen molar-refractivity contribution in [2.24, 2.45) is 5.10 Å². The molecular weight excluding hydrogens is 449 g/mol. The van der Waals surface area contributed by atoms with E-state index in [0.717, 1.165) is 12.3 Å². The number of benzene rings is 2. The number of carbonyl (C=O) groups excluding carboxylic acids is 1. The molecule has 0 unspecified atom stereocenters. The average Bonchev–Trinajstić information content (AvgIpc) is 3.21. The van der Waals surface area contributed by atoms with Crippen LogP contribution >= 0.6 is 0 Å². The van der Waals surface area contributed by atoms with E-state index in [1.807, 2.05) is 0 Å². The summed E-state index contributed by atoms with van der Waals surface area (Å²) in [4.78, 5) is 32.7. The molecule has 0 atom stereocenters. The number of nitro benzene ring substituents is 2. The molecule has 13 heteroatoms. The lowest BCUT2D eigenvalue weighted by Crippen LogP contribution is -2.20. The Morgan fingerprint density at radius 3 is 2.39 bits per heavy atom. The summed E-state index contributed by atoms with van der Waals surface area (Å²) in [5.41, 5.74) is -0.114. The van der Waals surface area contributed by atoms with Gasteiger partial charge in [-0.15, -0.1) is 0 Å². The predicted molar refractivity (Wildman–Crippen MR) is 108 cm³/mol. The van der Waals surface area contributed by atoms with E-state index >= 15 is 0 Å². The third-order valence-corrected chi connectivity index (χ3v) is 4.33. The summed E-state index contributed by atoms with van der Waals surface area (Å²) >= 11 is 0. The molecule has 0 radical (unpaired) electrons. The highest BCUT2D eigenvalue weighted by atomic mass is 19.4. The second-order valence-corrected chi connectivity index (χ2v) is 6.54. The molecule has 0 aliphatic carbocycles. The summed E-state index contributed by atoms with van der Waals surface area (Å²) in [5, 5.41) is 25.8. The predicted octanol–water partition coefficient (Wildman–Crippen LogP) is 4.47. The number of hydrogen-bond acceptors (Lipinski definition) is 7. The molecule has 1 N–H and O–H groups in total. The molecule has 3 rings (SSSR count). The monoisotopic (exact) mass is 462 g/mol. The molecule has 0 bridgehead atoms. The van der Waals surface area contributed by atoms with Crippen LogP contribution in [0.15, 0.2) is 64.1 Å². The van der Waals surface area contributed by atoms with Gasteiger partial charge in [0.05, 0.1) is 33.6 Å². The molecule has 1 amide bonds. The molecule has 0 aliphatic heterocycles. The first kappa shape index (κ1) is 23.1. The van der Waals surface area contributed by atoms with Crippen molar-refractivity contribution in [3.63, 3.8) is 0 Å². The number of nitrogens with one attached hydrogen (secondary N) is 1. The zero-order valence-electron chi connectivity index (χ0n) is 16.4. The quantitative estimate of drug-likeness (QED) is 0.312. The minimum atomic E-state index is -4.77. The smallest absolute Gasteiger partial charge is 0.416 e. The summed E-state index contributed by atoms with van der Waals surface area (Å²) in [6, 6.07) is 10.7. The molecule has 0 spiro atoms. The molecule has 10 nitrogen and oxygen atoms in total. The fourth-order valence-corrected chi connectivity index (χ4v) is 2.85. The minimum absolute atomic E-state index is 0.143. The van der Waals surface area contributed by atoms with E-state index in [1.54, 1.807) is 6.07 Å². The molecule has 1 heterocycles. The lowest BCUT2D eigenvalue weighted by Gasteiger charge is -2.08. The zero-order valence-corrected chi connectivity index (χ0v) is 16.4. The normalized spacial score (nSPS) is 11.5. The van der Waals surface area contributed by atoms with Gasteiger partial charge in [0.2, 0.25) is 5.91 Å². The second kappa shape index (κ2) is 9.30. The number of rotatable bonds is 7. The maximum Gasteiger partial charge on any atom is 0.416 e. The summed E-state index contributed by atoms with van der Waals surface area (Å²) in [5.74, 6) is -0.487. The highest BCUT2D eigenvalue weighted by Gasteiger charge is 2.33. The maximum absolute atomic E-state index is 12.8. The van der Waals surface area contributed by atoms with Gasteiger partial charge in [0.25, 0.3) is 11.4 Å². The highest BCUT2D eigenvalue weighted by Crippen LogP contribution is 2.33. The van der Waals surface area contributed by atoms with E-state index in [9.17, 15) is 38.2 Å². The third kappa shape index (κ3) is 5.58. The van der Waals surface area contributed by atoms with Crippen molar-refractivity contribution in [3.05, 3.63) is 91.7 Å². The van der Waals surface area contributed by atoms with Crippen LogP contribution in [0.2, 0.25) is 0 Å². The summed E-state index contributed by atoms with van der Waals surface area (Å²) < 4.78 is 43.7. The van der Waals surface area contributed by atoms with Gasteiger partial charge in [-0.3, -0.25) is 25.0 Å². The van der Waals surface area contributed by atoms with Crippen molar-refractivity contribution in [2.45, 2.75) is 12.6 Å². The molecule has 0 saturated carbocycles. The number of hydrogen-bond donors (Lipinski definition) is 1. The van der Waals surface area contributed by atoms with Crippen LogP contribution in [0.25, 0.3) is 11.3 Å². The van der Waals surface area contributed by atoms with E-state index in [-0.39, 0.29) is 28.3 Å². The third-order valence-electron chi connectivity index (χ3n) is 4.33. The number of nitrogens with zero attached hydrogens (tertiary/aromatic N) is 3. The average molecular weight is 462 g/mol. The Bertz CT molecular complexity index is 1250. The van der Waals surface area contributed by atoms with E-state index < -0.39 is 39.6 Å². The number of furan rings is 1. The van der Waals surface area contributed by atoms with Crippen molar-refractivity contribution >= 4 is 23.5 Å². The van der Waals surface area contributed by atoms with Crippen LogP contribution in [-0.2, 0) is 17.4 Å². The van der Waals surface area contributed by atoms with Crippen LogP contribution in [0.4, 0.5) is 24.5 Å². The van der Waals surface area contributed by atoms with E-state index in [1.165, 1.54) is 30.3 Å². The van der Waals surface area contributed by atoms with Gasteiger partial charge in [-0.1, -0.05) is 18.2 Å². The second-order valence-electron chi connectivity index (χ2n) is 6.54. The summed E-state index contributed by atoms with van der Waals surface area (Å²) in [6.07, 6.45) is -4.26. The van der Waals surface area contributed by atoms with Gasteiger partial charge in [-0.2, -0.15) is 18.3 Å². The van der Waals surface area contributed by atoms with Crippen LogP contribution in [0.5, 0.6) is 0 Å². The van der Waals surface area contributed by atoms with Crippen molar-refractivity contribution in [3.8, 4) is 11.3 Å². The largest absolute Gasteiger partial charge is 0.455 e. The fraction of sp³-hybridized carbons (Fsp3) is 0.100. The van der Waals surface area contributed by atoms with Crippen molar-refractivity contribution < 1.29 is 32.2 Å². The number of carbonyl (C=O) groups is 1. The van der Waals surface area contributed by atoms with Crippen molar-refractivity contribution in [2.75, 3.05) is 0 Å². The standard InChI is InChI=1S/C20H13F3N4O6/c21-20(22,23)13-6-5-12(17(10-13)27(31)32)9-19(28)25-24-11-14-7-8-18(33-14)15-3-1-2-4-16(15)26(29)30/h1-8,10-11H,9H2,(H,25,28)/b24-11-. The van der Waals surface area contributed by atoms with Gasteiger partial charge in [0.15, 0.2) is 0 Å². The summed E-state index contributed by atoms with van der Waals surface area (Å²) in [7, 11) is 0. The minimum Gasteiger partial charge on any atom is -0.455 e. The Morgan fingerprint density at radius 2 is 1.73 bits per heavy atom. The lowest BCUT2D eigenvalue weighted by atomic mass is 10.1. The molecule has 170 valence electrons. The van der Waals surface area contributed by atoms with E-state index in [2.05, 4.69) is 10.5 Å². The van der Waals surface area contributed by atoms with E-state index in [4.69, 9.17) is 4.42 Å². The molecular formula is C20H13F3N4O6. The molecule has 3 aromatic rings. The molecule has 0 aliphatic rings. The summed E-state index contributed by atoms with van der Waals surface area (Å²) in [6.45, 7) is 0. The Morgan fingerprint density at radius 1 is 1.03 bits per heavy atom. The van der Waals surface area contributed by atoms with Gasteiger partial charge in [0.1, 0.15) is 11.5 Å². The fourth-order valence-electron chi connectivity index (χ4n) is 2.85. The molecule has 0 fully saturated rings. The number of amides is 1. The van der Waals surface area contributed by atoms with Gasteiger partial charge < -0.3 is 4.42 Å². The van der Waals surface area contributed by atoms with Crippen LogP contribution in [0.3, 0.4) is 0 Å². The van der Waals surface area contributed by atoms with Gasteiger partial charge >= 0.3 is 6.18 Å². The van der Waals surface area contributed by atoms with Crippen molar-refractivity contribution in [1.82, 2.24) is 5.43 Å².